The van der Waals surface area contributed by atoms with Crippen LogP contribution in [0.15, 0.2) is 18.2 Å². The number of carbonyl (C=O) groups excluding carboxylic acids is 1. The summed E-state index contributed by atoms with van der Waals surface area (Å²) in [5.74, 6) is -0.104. The monoisotopic (exact) mass is 274 g/mol. The average molecular weight is 275 g/mol. The van der Waals surface area contributed by atoms with E-state index < -0.39 is 6.04 Å². The van der Waals surface area contributed by atoms with Crippen molar-refractivity contribution in [1.29, 1.82) is 0 Å². The summed E-state index contributed by atoms with van der Waals surface area (Å²) in [7, 11) is 0. The second-order valence-corrected chi connectivity index (χ2v) is 5.00. The lowest BCUT2D eigenvalue weighted by atomic mass is 10.0. The summed E-state index contributed by atoms with van der Waals surface area (Å²) in [6.45, 7) is 4.08. The molecule has 0 aliphatic carbocycles. The van der Waals surface area contributed by atoms with E-state index in [-0.39, 0.29) is 18.4 Å². The minimum atomic E-state index is -0.517. The third-order valence-electron chi connectivity index (χ3n) is 2.52. The number of benzene rings is 1. The van der Waals surface area contributed by atoms with Crippen LogP contribution < -0.4 is 11.1 Å². The van der Waals surface area contributed by atoms with Crippen molar-refractivity contribution in [2.45, 2.75) is 26.4 Å². The molecule has 3 N–H and O–H groups in total. The number of amides is 1. The van der Waals surface area contributed by atoms with Gasteiger partial charge < -0.3 is 11.1 Å². The maximum absolute atomic E-state index is 11.7. The summed E-state index contributed by atoms with van der Waals surface area (Å²) in [6, 6.07) is 4.71. The molecule has 1 rings (SSSR count). The van der Waals surface area contributed by atoms with Crippen LogP contribution in [-0.2, 0) is 11.3 Å². The van der Waals surface area contributed by atoms with Crippen molar-refractivity contribution in [2.75, 3.05) is 0 Å². The van der Waals surface area contributed by atoms with Crippen LogP contribution in [-0.4, -0.2) is 11.9 Å². The molecule has 0 saturated carbocycles. The summed E-state index contributed by atoms with van der Waals surface area (Å²) >= 11 is 12.0. The highest BCUT2D eigenvalue weighted by molar-refractivity contribution is 6.36. The standard InChI is InChI=1S/C12H16Cl2N2O/c1-7(2)11(15)12(17)16-6-8-9(13)4-3-5-10(8)14/h3-5,7,11H,6,15H2,1-2H3,(H,16,17)/t11-/m0/s1. The first-order chi connectivity index (χ1) is 7.93. The number of carbonyl (C=O) groups is 1. The van der Waals surface area contributed by atoms with Crippen molar-refractivity contribution in [3.05, 3.63) is 33.8 Å². The summed E-state index contributed by atoms with van der Waals surface area (Å²) in [6.07, 6.45) is 0. The van der Waals surface area contributed by atoms with E-state index in [0.29, 0.717) is 15.6 Å². The molecular weight excluding hydrogens is 259 g/mol. The molecule has 94 valence electrons. The van der Waals surface area contributed by atoms with Gasteiger partial charge in [-0.1, -0.05) is 43.1 Å². The number of hydrogen-bond acceptors (Lipinski definition) is 2. The van der Waals surface area contributed by atoms with Gasteiger partial charge in [-0.3, -0.25) is 4.79 Å². The van der Waals surface area contributed by atoms with Crippen molar-refractivity contribution >= 4 is 29.1 Å². The van der Waals surface area contributed by atoms with Crippen molar-refractivity contribution in [2.24, 2.45) is 11.7 Å². The molecule has 0 heterocycles. The first-order valence-electron chi connectivity index (χ1n) is 5.39. The van der Waals surface area contributed by atoms with Crippen LogP contribution in [0, 0.1) is 5.92 Å². The molecule has 1 atom stereocenters. The second-order valence-electron chi connectivity index (χ2n) is 4.19. The molecule has 0 spiro atoms. The van der Waals surface area contributed by atoms with Gasteiger partial charge in [0, 0.05) is 22.2 Å². The van der Waals surface area contributed by atoms with Crippen LogP contribution in [0.3, 0.4) is 0 Å². The molecule has 0 bridgehead atoms. The smallest absolute Gasteiger partial charge is 0.237 e. The van der Waals surface area contributed by atoms with E-state index in [9.17, 15) is 4.79 Å². The normalized spacial score (nSPS) is 12.6. The molecule has 17 heavy (non-hydrogen) atoms. The van der Waals surface area contributed by atoms with E-state index in [4.69, 9.17) is 28.9 Å². The average Bonchev–Trinajstić information content (AvgIpc) is 2.26. The zero-order valence-electron chi connectivity index (χ0n) is 9.84. The van der Waals surface area contributed by atoms with Gasteiger partial charge >= 0.3 is 0 Å². The van der Waals surface area contributed by atoms with Crippen molar-refractivity contribution < 1.29 is 4.79 Å². The van der Waals surface area contributed by atoms with Crippen LogP contribution in [0.1, 0.15) is 19.4 Å². The highest BCUT2D eigenvalue weighted by atomic mass is 35.5. The number of nitrogens with two attached hydrogens (primary N) is 1. The molecule has 0 aliphatic heterocycles. The van der Waals surface area contributed by atoms with Crippen molar-refractivity contribution in [1.82, 2.24) is 5.32 Å². The Morgan fingerprint density at radius 1 is 1.35 bits per heavy atom. The van der Waals surface area contributed by atoms with Gasteiger partial charge in [-0.15, -0.1) is 0 Å². The minimum Gasteiger partial charge on any atom is -0.351 e. The molecule has 5 heteroatoms. The largest absolute Gasteiger partial charge is 0.351 e. The quantitative estimate of drug-likeness (QED) is 0.887. The zero-order valence-corrected chi connectivity index (χ0v) is 11.3. The first-order valence-corrected chi connectivity index (χ1v) is 6.15. The maximum atomic E-state index is 11.7. The number of rotatable bonds is 4. The van der Waals surface area contributed by atoms with E-state index in [1.807, 2.05) is 13.8 Å². The van der Waals surface area contributed by atoms with Gasteiger partial charge in [0.2, 0.25) is 5.91 Å². The van der Waals surface area contributed by atoms with Crippen molar-refractivity contribution in [3.8, 4) is 0 Å². The Hall–Kier alpha value is -0.770. The van der Waals surface area contributed by atoms with Gasteiger partial charge in [-0.25, -0.2) is 0 Å². The number of nitrogens with one attached hydrogen (secondary N) is 1. The maximum Gasteiger partial charge on any atom is 0.237 e. The molecule has 1 amide bonds. The topological polar surface area (TPSA) is 55.1 Å². The fourth-order valence-corrected chi connectivity index (χ4v) is 1.83. The molecule has 0 aliphatic rings. The zero-order chi connectivity index (χ0) is 13.0. The molecule has 0 unspecified atom stereocenters. The molecule has 1 aromatic rings. The molecule has 0 fully saturated rings. The summed E-state index contributed by atoms with van der Waals surface area (Å²) in [5.41, 5.74) is 6.43. The van der Waals surface area contributed by atoms with E-state index in [2.05, 4.69) is 5.32 Å². The summed E-state index contributed by atoms with van der Waals surface area (Å²) in [4.78, 5) is 11.7. The highest BCUT2D eigenvalue weighted by Gasteiger charge is 2.17. The fourth-order valence-electron chi connectivity index (χ4n) is 1.30. The predicted molar refractivity (Wildman–Crippen MR) is 71.1 cm³/mol. The Morgan fingerprint density at radius 2 is 1.88 bits per heavy atom. The molecule has 0 aromatic heterocycles. The van der Waals surface area contributed by atoms with Gasteiger partial charge in [0.05, 0.1) is 6.04 Å². The van der Waals surface area contributed by atoms with E-state index >= 15 is 0 Å². The minimum absolute atomic E-state index is 0.0942. The molecule has 3 nitrogen and oxygen atoms in total. The van der Waals surface area contributed by atoms with Crippen LogP contribution in [0.5, 0.6) is 0 Å². The van der Waals surface area contributed by atoms with Gasteiger partial charge in [0.15, 0.2) is 0 Å². The molecule has 0 saturated heterocycles. The SMILES string of the molecule is CC(C)[C@H](N)C(=O)NCc1c(Cl)cccc1Cl. The lowest BCUT2D eigenvalue weighted by molar-refractivity contribution is -0.123. The number of hydrogen-bond donors (Lipinski definition) is 2. The van der Waals surface area contributed by atoms with Gasteiger partial charge in [-0.05, 0) is 18.1 Å². The third-order valence-corrected chi connectivity index (χ3v) is 3.23. The van der Waals surface area contributed by atoms with E-state index in [1.165, 1.54) is 0 Å². The second kappa shape index (κ2) is 6.24. The van der Waals surface area contributed by atoms with Gasteiger partial charge in [-0.2, -0.15) is 0 Å². The lowest BCUT2D eigenvalue weighted by Gasteiger charge is -2.16. The molecule has 1 aromatic carbocycles. The van der Waals surface area contributed by atoms with Crippen LogP contribution in [0.25, 0.3) is 0 Å². The lowest BCUT2D eigenvalue weighted by Crippen LogP contribution is -2.43. The van der Waals surface area contributed by atoms with Gasteiger partial charge in [0.25, 0.3) is 0 Å². The molecule has 0 radical (unpaired) electrons. The van der Waals surface area contributed by atoms with Crippen LogP contribution in [0.2, 0.25) is 10.0 Å². The van der Waals surface area contributed by atoms with Crippen molar-refractivity contribution in [3.63, 3.8) is 0 Å². The van der Waals surface area contributed by atoms with E-state index in [1.54, 1.807) is 18.2 Å². The third kappa shape index (κ3) is 3.87. The fraction of sp³-hybridized carbons (Fsp3) is 0.417. The highest BCUT2D eigenvalue weighted by Crippen LogP contribution is 2.23. The number of halogens is 2. The van der Waals surface area contributed by atoms with E-state index in [0.717, 1.165) is 0 Å². The Kier molecular flexibility index (Phi) is 5.25. The molecular formula is C12H16Cl2N2O. The Morgan fingerprint density at radius 3 is 2.35 bits per heavy atom. The predicted octanol–water partition coefficient (Wildman–Crippen LogP) is 2.59. The summed E-state index contributed by atoms with van der Waals surface area (Å²) < 4.78 is 0. The first kappa shape index (κ1) is 14.3. The Labute approximate surface area is 111 Å². The van der Waals surface area contributed by atoms with Crippen LogP contribution in [0.4, 0.5) is 0 Å². The summed E-state index contributed by atoms with van der Waals surface area (Å²) in [5, 5.41) is 3.80. The Balaban J connectivity index is 2.65. The van der Waals surface area contributed by atoms with Gasteiger partial charge in [0.1, 0.15) is 0 Å². The van der Waals surface area contributed by atoms with Crippen LogP contribution >= 0.6 is 23.2 Å². The Bertz CT molecular complexity index is 387.